The number of amides is 2. The summed E-state index contributed by atoms with van der Waals surface area (Å²) in [5, 5.41) is 13.5. The Labute approximate surface area is 457 Å². The predicted molar refractivity (Wildman–Crippen MR) is 287 cm³/mol. The van der Waals surface area contributed by atoms with E-state index in [4.69, 9.17) is 46.3 Å². The van der Waals surface area contributed by atoms with Crippen molar-refractivity contribution in [3.63, 3.8) is 0 Å². The van der Waals surface area contributed by atoms with Gasteiger partial charge in [0.05, 0.1) is 74.7 Å². The van der Waals surface area contributed by atoms with E-state index in [0.717, 1.165) is 50.1 Å². The molecule has 404 valence electrons. The molecule has 0 aliphatic carbocycles. The first-order valence-corrected chi connectivity index (χ1v) is 27.2. The van der Waals surface area contributed by atoms with Crippen molar-refractivity contribution in [1.29, 1.82) is 5.26 Å². The summed E-state index contributed by atoms with van der Waals surface area (Å²) < 4.78 is 73.5. The van der Waals surface area contributed by atoms with Crippen LogP contribution in [0, 0.1) is 28.8 Å². The molecule has 0 bridgehead atoms. The van der Waals surface area contributed by atoms with Crippen LogP contribution in [0.15, 0.2) is 47.3 Å². The molecule has 13 rings (SSSR count). The molecule has 3 fully saturated rings. The number of hydrogen-bond acceptors (Lipinski definition) is 16. The maximum atomic E-state index is 17.4. The van der Waals surface area contributed by atoms with E-state index < -0.39 is 47.9 Å². The van der Waals surface area contributed by atoms with Crippen molar-refractivity contribution < 1.29 is 46.5 Å². The van der Waals surface area contributed by atoms with Crippen LogP contribution in [0.4, 0.5) is 34.5 Å². The van der Waals surface area contributed by atoms with E-state index in [1.165, 1.54) is 29.2 Å². The first-order valence-electron chi connectivity index (χ1n) is 26.0. The van der Waals surface area contributed by atoms with E-state index in [9.17, 15) is 24.4 Å². The molecule has 10 heterocycles. The topological polar surface area (TPSA) is 220 Å². The number of carbonyl (C=O) groups is 3. The highest BCUT2D eigenvalue weighted by molar-refractivity contribution is 7.23. The minimum atomic E-state index is -1.05. The molecule has 3 saturated heterocycles. The van der Waals surface area contributed by atoms with Gasteiger partial charge in [-0.2, -0.15) is 15.2 Å². The lowest BCUT2D eigenvalue weighted by atomic mass is 9.90. The number of nitrogens with two attached hydrogens (primary N) is 1. The van der Waals surface area contributed by atoms with Crippen molar-refractivity contribution in [3.8, 4) is 34.6 Å². The Morgan fingerprint density at radius 3 is 2.51 bits per heavy atom. The Kier molecular flexibility index (Phi) is 12.3. The van der Waals surface area contributed by atoms with Gasteiger partial charge in [0, 0.05) is 70.7 Å². The zero-order valence-electron chi connectivity index (χ0n) is 42.5. The number of rotatable bonds is 10. The van der Waals surface area contributed by atoms with E-state index in [1.54, 1.807) is 4.57 Å². The molecule has 18 nitrogen and oxygen atoms in total. The summed E-state index contributed by atoms with van der Waals surface area (Å²) in [5.74, 6) is -3.44. The molecule has 23 heteroatoms. The highest BCUT2D eigenvalue weighted by atomic mass is 35.5. The third-order valence-electron chi connectivity index (χ3n) is 16.6. The van der Waals surface area contributed by atoms with Gasteiger partial charge in [-0.15, -0.1) is 11.3 Å². The number of cyclic esters (lactones) is 1. The number of nitrogens with zero attached hydrogens (tertiary/aromatic N) is 8. The molecule has 6 aliphatic rings. The smallest absolute Gasteiger partial charge is 0.412 e. The Morgan fingerprint density at radius 1 is 0.975 bits per heavy atom. The molecule has 4 aromatic heterocycles. The lowest BCUT2D eigenvalue weighted by Gasteiger charge is -2.36. The highest BCUT2D eigenvalue weighted by Gasteiger charge is 2.45. The van der Waals surface area contributed by atoms with Crippen molar-refractivity contribution in [1.82, 2.24) is 29.3 Å². The number of pyridine rings is 2. The van der Waals surface area contributed by atoms with Gasteiger partial charge in [0.2, 0.25) is 0 Å². The molecule has 0 radical (unpaired) electrons. The summed E-state index contributed by atoms with van der Waals surface area (Å²) in [6.07, 6.45) is 3.33. The third-order valence-corrected chi connectivity index (χ3v) is 17.9. The third kappa shape index (κ3) is 8.05. The summed E-state index contributed by atoms with van der Waals surface area (Å²) in [4.78, 5) is 73.9. The van der Waals surface area contributed by atoms with Crippen LogP contribution >= 0.6 is 22.9 Å². The zero-order chi connectivity index (χ0) is 54.8. The van der Waals surface area contributed by atoms with Gasteiger partial charge in [0.25, 0.3) is 11.5 Å². The van der Waals surface area contributed by atoms with Crippen LogP contribution in [0.5, 0.6) is 6.01 Å². The van der Waals surface area contributed by atoms with E-state index in [1.807, 2.05) is 24.0 Å². The van der Waals surface area contributed by atoms with Crippen molar-refractivity contribution >= 4 is 89.3 Å². The number of hydrogen-bond donors (Lipinski definition) is 2. The SMILES string of the molecule is C=C(COC(=O)Nc1c(F)cc2nc3c(c4c2c1COC4)Cn1c-3cc2c(c1=O)COC(=O)C2CC)C(=O)N1CCN(c2nc(OCC34CCCN3CCC4)nc3c(F)c(-c4ccc(F)c5sc(N)c(C#N)c45)c(Cl)cc23)CC1. The molecule has 79 heavy (non-hydrogen) atoms. The van der Waals surface area contributed by atoms with E-state index in [0.29, 0.717) is 69.0 Å². The molecule has 1 atom stereocenters. The Bertz CT molecular complexity index is 3980. The number of ether oxygens (including phenoxy) is 4. The molecular weight excluding hydrogens is 1070 g/mol. The Morgan fingerprint density at radius 2 is 1.75 bits per heavy atom. The van der Waals surface area contributed by atoms with Gasteiger partial charge < -0.3 is 39.0 Å². The van der Waals surface area contributed by atoms with E-state index >= 15 is 13.2 Å². The normalized spacial score (nSPS) is 18.1. The van der Waals surface area contributed by atoms with E-state index in [-0.39, 0.29) is 129 Å². The van der Waals surface area contributed by atoms with Crippen LogP contribution in [0.25, 0.3) is 54.4 Å². The minimum absolute atomic E-state index is 0.00588. The molecule has 7 aromatic rings. The first kappa shape index (κ1) is 50.7. The number of aromatic nitrogens is 4. The quantitative estimate of drug-likeness (QED) is 0.0965. The highest BCUT2D eigenvalue weighted by Crippen LogP contribution is 2.48. The van der Waals surface area contributed by atoms with Crippen LogP contribution in [-0.2, 0) is 50.2 Å². The molecule has 2 amide bonds. The lowest BCUT2D eigenvalue weighted by Crippen LogP contribution is -2.49. The summed E-state index contributed by atoms with van der Waals surface area (Å²) in [6.45, 7) is 8.30. The van der Waals surface area contributed by atoms with Crippen LogP contribution in [0.1, 0.15) is 78.3 Å². The summed E-state index contributed by atoms with van der Waals surface area (Å²) in [6, 6.07) is 9.06. The second-order valence-corrected chi connectivity index (χ2v) is 22.2. The molecular formula is C56H48ClF3N10O8S. The fourth-order valence-corrected chi connectivity index (χ4v) is 13.9. The molecule has 0 spiro atoms. The lowest BCUT2D eigenvalue weighted by molar-refractivity contribution is -0.148. The largest absolute Gasteiger partial charge is 0.461 e. The number of nitriles is 1. The van der Waals surface area contributed by atoms with Crippen molar-refractivity contribution in [3.05, 3.63) is 109 Å². The summed E-state index contributed by atoms with van der Waals surface area (Å²) >= 11 is 7.84. The van der Waals surface area contributed by atoms with Gasteiger partial charge in [-0.1, -0.05) is 31.2 Å². The Hall–Kier alpha value is -7.84. The summed E-state index contributed by atoms with van der Waals surface area (Å²) in [7, 11) is 0. The number of anilines is 3. The number of nitrogen functional groups attached to an aromatic ring is 1. The average molecular weight is 1110 g/mol. The maximum absolute atomic E-state index is 17.4. The van der Waals surface area contributed by atoms with Crippen molar-refractivity contribution in [2.24, 2.45) is 0 Å². The number of halogens is 4. The maximum Gasteiger partial charge on any atom is 0.412 e. The molecule has 6 aliphatic heterocycles. The van der Waals surface area contributed by atoms with Gasteiger partial charge in [0.15, 0.2) is 5.82 Å². The standard InChI is InChI=1S/C56H48ClF3N10O8S/c1-3-27-29-17-40-46-32(20-70(40)52(72)34(29)24-76-53(27)73)33-22-75-23-35-41(33)39(63-46)18-38(59)45(35)65-55(74)77-21-26(2)51(71)68-14-12-67(13-15-68)50-30-16-36(57)43(28-6-7-37(58)48-42(28)31(19-61)49(62)79-48)44(60)47(30)64-54(66-50)78-25-56-8-4-10-69(56)11-5-9-56/h6-7,16-18,27H,2-5,8-15,20-25,62H2,1H3,(H,65,74). The summed E-state index contributed by atoms with van der Waals surface area (Å²) in [5.41, 5.74) is 9.41. The van der Waals surface area contributed by atoms with Crippen LogP contribution in [0.3, 0.4) is 0 Å². The first-order chi connectivity index (χ1) is 38.2. The van der Waals surface area contributed by atoms with Gasteiger partial charge in [0.1, 0.15) is 53.9 Å². The number of benzene rings is 3. The molecule has 1 unspecified atom stereocenters. The van der Waals surface area contributed by atoms with Gasteiger partial charge >= 0.3 is 18.1 Å². The number of carbonyl (C=O) groups excluding carboxylic acids is 3. The van der Waals surface area contributed by atoms with Crippen molar-refractivity contribution in [2.75, 3.05) is 68.4 Å². The van der Waals surface area contributed by atoms with Gasteiger partial charge in [-0.3, -0.25) is 24.6 Å². The number of piperazine rings is 1. The zero-order valence-corrected chi connectivity index (χ0v) is 44.1. The fraction of sp³-hybridized carbons (Fsp3) is 0.357. The minimum Gasteiger partial charge on any atom is -0.461 e. The van der Waals surface area contributed by atoms with E-state index in [2.05, 4.69) is 21.8 Å². The molecule has 3 N–H and O–H groups in total. The number of thiophene rings is 1. The number of esters is 1. The second kappa shape index (κ2) is 19.2. The van der Waals surface area contributed by atoms with Gasteiger partial charge in [-0.05, 0) is 80.1 Å². The molecule has 0 saturated carbocycles. The fourth-order valence-electron chi connectivity index (χ4n) is 12.7. The van der Waals surface area contributed by atoms with Crippen LogP contribution in [0.2, 0.25) is 5.02 Å². The molecule has 3 aromatic carbocycles. The number of fused-ring (bicyclic) bond motifs is 8. The monoisotopic (exact) mass is 1110 g/mol. The van der Waals surface area contributed by atoms with Gasteiger partial charge in [-0.25, -0.2) is 22.9 Å². The predicted octanol–water partition coefficient (Wildman–Crippen LogP) is 8.82. The van der Waals surface area contributed by atoms with Crippen LogP contribution in [-0.4, -0.2) is 105 Å². The number of nitrogens with one attached hydrogen (secondary N) is 1. The Balaban J connectivity index is 0.722. The van der Waals surface area contributed by atoms with Crippen molar-refractivity contribution in [2.45, 2.75) is 76.9 Å². The second-order valence-electron chi connectivity index (χ2n) is 20.8. The van der Waals surface area contributed by atoms with Crippen LogP contribution < -0.4 is 26.2 Å². The average Bonchev–Trinajstić information content (AvgIpc) is 4.14.